The van der Waals surface area contributed by atoms with E-state index < -0.39 is 5.91 Å². The van der Waals surface area contributed by atoms with Crippen molar-refractivity contribution < 1.29 is 23.7 Å². The number of nitrogens with one attached hydrogen (secondary N) is 1. The quantitative estimate of drug-likeness (QED) is 0.150. The van der Waals surface area contributed by atoms with Crippen molar-refractivity contribution in [1.29, 1.82) is 5.26 Å². The summed E-state index contributed by atoms with van der Waals surface area (Å²) in [5.74, 6) is 1.81. The number of methoxy groups -OCH3 is 1. The Hall–Kier alpha value is -5.22. The first-order valence-corrected chi connectivity index (χ1v) is 13.2. The van der Waals surface area contributed by atoms with E-state index in [0.29, 0.717) is 47.5 Å². The number of amides is 1. The van der Waals surface area contributed by atoms with E-state index in [9.17, 15) is 10.1 Å². The normalized spacial score (nSPS) is 10.8. The highest BCUT2D eigenvalue weighted by molar-refractivity contribution is 6.09. The molecular formula is C34H32N2O5. The van der Waals surface area contributed by atoms with Gasteiger partial charge in [0.25, 0.3) is 5.91 Å². The smallest absolute Gasteiger partial charge is 0.266 e. The molecule has 4 rings (SSSR count). The van der Waals surface area contributed by atoms with Gasteiger partial charge in [0.1, 0.15) is 24.9 Å². The lowest BCUT2D eigenvalue weighted by molar-refractivity contribution is -0.112. The zero-order valence-corrected chi connectivity index (χ0v) is 23.3. The third kappa shape index (κ3) is 8.13. The number of benzene rings is 4. The molecular weight excluding hydrogens is 516 g/mol. The van der Waals surface area contributed by atoms with Crippen LogP contribution >= 0.6 is 0 Å². The molecule has 0 aliphatic rings. The molecule has 0 radical (unpaired) electrons. The predicted octanol–water partition coefficient (Wildman–Crippen LogP) is 7.11. The molecule has 0 aromatic heterocycles. The molecule has 208 valence electrons. The van der Waals surface area contributed by atoms with Crippen LogP contribution in [0.1, 0.15) is 29.2 Å². The Morgan fingerprint density at radius 2 is 1.49 bits per heavy atom. The van der Waals surface area contributed by atoms with Crippen LogP contribution in [0.2, 0.25) is 0 Å². The molecule has 0 saturated heterocycles. The maximum Gasteiger partial charge on any atom is 0.266 e. The lowest BCUT2D eigenvalue weighted by Gasteiger charge is -2.15. The zero-order valence-electron chi connectivity index (χ0n) is 23.3. The summed E-state index contributed by atoms with van der Waals surface area (Å²) in [7, 11) is 1.54. The SMILES string of the molecule is CCOc1cc(COc2ccc(/C=C(/C#N)C(=O)Nc3ccc(C)cc3)cc2OC)ccc1OCc1ccccc1. The summed E-state index contributed by atoms with van der Waals surface area (Å²) in [4.78, 5) is 12.6. The van der Waals surface area contributed by atoms with Gasteiger partial charge >= 0.3 is 0 Å². The Bertz CT molecular complexity index is 1540. The van der Waals surface area contributed by atoms with Gasteiger partial charge in [-0.1, -0.05) is 60.2 Å². The molecule has 0 aliphatic heterocycles. The molecule has 0 spiro atoms. The van der Waals surface area contributed by atoms with Gasteiger partial charge in [-0.15, -0.1) is 0 Å². The average Bonchev–Trinajstić information content (AvgIpc) is 3.00. The lowest BCUT2D eigenvalue weighted by atomic mass is 10.1. The van der Waals surface area contributed by atoms with Crippen LogP contribution in [-0.4, -0.2) is 19.6 Å². The molecule has 0 atom stereocenters. The fourth-order valence-corrected chi connectivity index (χ4v) is 3.97. The van der Waals surface area contributed by atoms with E-state index in [4.69, 9.17) is 18.9 Å². The molecule has 0 unspecified atom stereocenters. The van der Waals surface area contributed by atoms with E-state index in [1.165, 1.54) is 13.2 Å². The number of nitrogens with zero attached hydrogens (tertiary/aromatic N) is 1. The number of ether oxygens (including phenoxy) is 4. The predicted molar refractivity (Wildman–Crippen MR) is 159 cm³/mol. The highest BCUT2D eigenvalue weighted by atomic mass is 16.5. The van der Waals surface area contributed by atoms with Crippen molar-refractivity contribution in [2.45, 2.75) is 27.1 Å². The van der Waals surface area contributed by atoms with Crippen molar-refractivity contribution in [3.63, 3.8) is 0 Å². The zero-order chi connectivity index (χ0) is 29.0. The molecule has 1 amide bonds. The summed E-state index contributed by atoms with van der Waals surface area (Å²) in [6, 6.07) is 30.2. The molecule has 0 heterocycles. The van der Waals surface area contributed by atoms with Gasteiger partial charge < -0.3 is 24.3 Å². The van der Waals surface area contributed by atoms with Crippen LogP contribution in [0.5, 0.6) is 23.0 Å². The van der Waals surface area contributed by atoms with E-state index in [1.54, 1.807) is 30.3 Å². The van der Waals surface area contributed by atoms with Gasteiger partial charge in [0.05, 0.1) is 13.7 Å². The second-order valence-electron chi connectivity index (χ2n) is 9.18. The van der Waals surface area contributed by atoms with Crippen LogP contribution in [0.4, 0.5) is 5.69 Å². The summed E-state index contributed by atoms with van der Waals surface area (Å²) >= 11 is 0. The van der Waals surface area contributed by atoms with Crippen molar-refractivity contribution in [3.05, 3.63) is 119 Å². The number of carbonyl (C=O) groups excluding carboxylic acids is 1. The number of rotatable bonds is 12. The third-order valence-corrected chi connectivity index (χ3v) is 6.11. The molecule has 1 N–H and O–H groups in total. The largest absolute Gasteiger partial charge is 0.493 e. The van der Waals surface area contributed by atoms with Crippen LogP contribution < -0.4 is 24.3 Å². The van der Waals surface area contributed by atoms with Crippen LogP contribution in [0.25, 0.3) is 6.08 Å². The van der Waals surface area contributed by atoms with Crippen LogP contribution in [-0.2, 0) is 18.0 Å². The Balaban J connectivity index is 1.43. The third-order valence-electron chi connectivity index (χ3n) is 6.11. The maximum absolute atomic E-state index is 12.6. The van der Waals surface area contributed by atoms with Crippen molar-refractivity contribution in [2.75, 3.05) is 19.0 Å². The van der Waals surface area contributed by atoms with Gasteiger partial charge in [0, 0.05) is 5.69 Å². The molecule has 0 bridgehead atoms. The summed E-state index contributed by atoms with van der Waals surface area (Å²) in [5.41, 5.74) is 4.26. The number of anilines is 1. The van der Waals surface area contributed by atoms with E-state index in [1.807, 2.05) is 80.6 Å². The molecule has 7 nitrogen and oxygen atoms in total. The Morgan fingerprint density at radius 3 is 2.17 bits per heavy atom. The molecule has 4 aromatic rings. The van der Waals surface area contributed by atoms with Crippen molar-refractivity contribution in [1.82, 2.24) is 0 Å². The fourth-order valence-electron chi connectivity index (χ4n) is 3.97. The second kappa shape index (κ2) is 14.2. The summed E-state index contributed by atoms with van der Waals surface area (Å²) in [5, 5.41) is 12.3. The molecule has 7 heteroatoms. The first-order chi connectivity index (χ1) is 20.0. The minimum absolute atomic E-state index is 0.0284. The maximum atomic E-state index is 12.6. The van der Waals surface area contributed by atoms with Gasteiger partial charge in [0.2, 0.25) is 0 Å². The van der Waals surface area contributed by atoms with Crippen LogP contribution in [0.15, 0.2) is 96.6 Å². The molecule has 0 saturated carbocycles. The summed E-state index contributed by atoms with van der Waals surface area (Å²) in [6.07, 6.45) is 1.51. The number of hydrogen-bond acceptors (Lipinski definition) is 6. The van der Waals surface area contributed by atoms with E-state index >= 15 is 0 Å². The highest BCUT2D eigenvalue weighted by Crippen LogP contribution is 2.32. The first kappa shape index (κ1) is 28.8. The Labute approximate surface area is 240 Å². The highest BCUT2D eigenvalue weighted by Gasteiger charge is 2.13. The Morgan fingerprint density at radius 1 is 0.805 bits per heavy atom. The van der Waals surface area contributed by atoms with Gasteiger partial charge in [-0.05, 0) is 73.0 Å². The summed E-state index contributed by atoms with van der Waals surface area (Å²) in [6.45, 7) is 5.10. The van der Waals surface area contributed by atoms with Crippen molar-refractivity contribution in [3.8, 4) is 29.1 Å². The number of carbonyl (C=O) groups is 1. The number of hydrogen-bond donors (Lipinski definition) is 1. The molecule has 41 heavy (non-hydrogen) atoms. The molecule has 0 aliphatic carbocycles. The van der Waals surface area contributed by atoms with E-state index in [0.717, 1.165) is 16.7 Å². The van der Waals surface area contributed by atoms with Crippen molar-refractivity contribution in [2.24, 2.45) is 0 Å². The van der Waals surface area contributed by atoms with Crippen LogP contribution in [0.3, 0.4) is 0 Å². The second-order valence-corrected chi connectivity index (χ2v) is 9.18. The lowest BCUT2D eigenvalue weighted by Crippen LogP contribution is -2.13. The van der Waals surface area contributed by atoms with E-state index in [2.05, 4.69) is 5.32 Å². The standard InChI is InChI=1S/C34H32N2O5/c1-4-39-33-20-27(13-17-31(33)40-22-25-8-6-5-7-9-25)23-41-30-16-12-26(19-32(30)38-3)18-28(21-35)34(37)36-29-14-10-24(2)11-15-29/h5-20H,4,22-23H2,1-3H3,(H,36,37)/b28-18-. The van der Waals surface area contributed by atoms with E-state index in [-0.39, 0.29) is 12.2 Å². The van der Waals surface area contributed by atoms with Gasteiger partial charge in [-0.3, -0.25) is 4.79 Å². The van der Waals surface area contributed by atoms with Gasteiger partial charge in [-0.2, -0.15) is 5.26 Å². The average molecular weight is 549 g/mol. The van der Waals surface area contributed by atoms with Crippen LogP contribution in [0, 0.1) is 18.3 Å². The molecule has 0 fully saturated rings. The fraction of sp³-hybridized carbons (Fsp3) is 0.176. The topological polar surface area (TPSA) is 89.8 Å². The number of nitriles is 1. The monoisotopic (exact) mass is 548 g/mol. The Kier molecular flexibility index (Phi) is 10.0. The first-order valence-electron chi connectivity index (χ1n) is 13.2. The van der Waals surface area contributed by atoms with Gasteiger partial charge in [-0.25, -0.2) is 0 Å². The minimum atomic E-state index is -0.489. The van der Waals surface area contributed by atoms with Gasteiger partial charge in [0.15, 0.2) is 23.0 Å². The van der Waals surface area contributed by atoms with Crippen molar-refractivity contribution >= 4 is 17.7 Å². The molecule has 4 aromatic carbocycles. The minimum Gasteiger partial charge on any atom is -0.493 e. The number of aryl methyl sites for hydroxylation is 1. The summed E-state index contributed by atoms with van der Waals surface area (Å²) < 4.78 is 23.4.